The van der Waals surface area contributed by atoms with Crippen LogP contribution in [0.4, 0.5) is 5.69 Å². The lowest BCUT2D eigenvalue weighted by atomic mass is 10.0. The van der Waals surface area contributed by atoms with Crippen LogP contribution in [0.3, 0.4) is 0 Å². The van der Waals surface area contributed by atoms with Crippen LogP contribution in [0.1, 0.15) is 24.4 Å². The van der Waals surface area contributed by atoms with Crippen LogP contribution in [0.25, 0.3) is 0 Å². The molecule has 1 unspecified atom stereocenters. The normalized spacial score (nSPS) is 22.9. The summed E-state index contributed by atoms with van der Waals surface area (Å²) >= 11 is 6.17. The number of benzene rings is 1. The third-order valence-electron chi connectivity index (χ3n) is 2.90. The van der Waals surface area contributed by atoms with Crippen molar-refractivity contribution < 1.29 is 0 Å². The SMILES string of the molecule is CN1CCCC1c1ccc(N)cc1Cl. The molecule has 1 atom stereocenters. The van der Waals surface area contributed by atoms with Crippen LogP contribution in [0.2, 0.25) is 5.02 Å². The topological polar surface area (TPSA) is 29.3 Å². The van der Waals surface area contributed by atoms with Gasteiger partial charge in [0.15, 0.2) is 0 Å². The number of nitrogens with zero attached hydrogens (tertiary/aromatic N) is 1. The lowest BCUT2D eigenvalue weighted by molar-refractivity contribution is 0.317. The number of halogens is 1. The second-order valence-corrected chi connectivity index (χ2v) is 4.33. The van der Waals surface area contributed by atoms with Crippen molar-refractivity contribution in [3.05, 3.63) is 28.8 Å². The lowest BCUT2D eigenvalue weighted by Crippen LogP contribution is -2.17. The van der Waals surface area contributed by atoms with E-state index >= 15 is 0 Å². The summed E-state index contributed by atoms with van der Waals surface area (Å²) in [7, 11) is 2.14. The summed E-state index contributed by atoms with van der Waals surface area (Å²) < 4.78 is 0. The quantitative estimate of drug-likeness (QED) is 0.723. The molecule has 1 saturated heterocycles. The Bertz CT molecular complexity index is 338. The molecule has 0 aliphatic carbocycles. The molecule has 1 heterocycles. The average Bonchev–Trinajstić information content (AvgIpc) is 2.52. The van der Waals surface area contributed by atoms with Crippen LogP contribution < -0.4 is 5.73 Å². The van der Waals surface area contributed by atoms with Gasteiger partial charge in [-0.3, -0.25) is 4.90 Å². The number of anilines is 1. The Kier molecular flexibility index (Phi) is 2.66. The van der Waals surface area contributed by atoms with E-state index in [1.807, 2.05) is 18.2 Å². The third-order valence-corrected chi connectivity index (χ3v) is 3.23. The summed E-state index contributed by atoms with van der Waals surface area (Å²) in [6.45, 7) is 1.16. The molecular weight excluding hydrogens is 196 g/mol. The molecule has 1 aliphatic heterocycles. The molecule has 14 heavy (non-hydrogen) atoms. The predicted octanol–water partition coefficient (Wildman–Crippen LogP) is 2.69. The summed E-state index contributed by atoms with van der Waals surface area (Å²) in [5, 5.41) is 0.795. The van der Waals surface area contributed by atoms with Gasteiger partial charge in [-0.05, 0) is 44.1 Å². The summed E-state index contributed by atoms with van der Waals surface area (Å²) in [4.78, 5) is 2.34. The minimum Gasteiger partial charge on any atom is -0.399 e. The molecule has 76 valence electrons. The van der Waals surface area contributed by atoms with Crippen LogP contribution in [0.15, 0.2) is 18.2 Å². The van der Waals surface area contributed by atoms with Gasteiger partial charge in [-0.15, -0.1) is 0 Å². The van der Waals surface area contributed by atoms with Crippen LogP contribution in [0.5, 0.6) is 0 Å². The van der Waals surface area contributed by atoms with Crippen molar-refractivity contribution in [1.29, 1.82) is 0 Å². The van der Waals surface area contributed by atoms with Gasteiger partial charge < -0.3 is 5.73 Å². The van der Waals surface area contributed by atoms with Gasteiger partial charge in [0.25, 0.3) is 0 Å². The van der Waals surface area contributed by atoms with Gasteiger partial charge in [0, 0.05) is 16.8 Å². The Morgan fingerprint density at radius 3 is 2.86 bits per heavy atom. The van der Waals surface area contributed by atoms with Crippen LogP contribution in [-0.4, -0.2) is 18.5 Å². The Balaban J connectivity index is 2.31. The van der Waals surface area contributed by atoms with E-state index in [0.29, 0.717) is 6.04 Å². The highest BCUT2D eigenvalue weighted by atomic mass is 35.5. The molecule has 2 nitrogen and oxygen atoms in total. The zero-order chi connectivity index (χ0) is 10.1. The minimum atomic E-state index is 0.475. The Morgan fingerprint density at radius 1 is 1.50 bits per heavy atom. The van der Waals surface area contributed by atoms with Gasteiger partial charge in [-0.25, -0.2) is 0 Å². The van der Waals surface area contributed by atoms with Crippen LogP contribution in [0, 0.1) is 0 Å². The number of likely N-dealkylation sites (tertiary alicyclic amines) is 1. The van der Waals surface area contributed by atoms with Crippen LogP contribution in [-0.2, 0) is 0 Å². The molecule has 0 saturated carbocycles. The number of nitrogen functional groups attached to an aromatic ring is 1. The minimum absolute atomic E-state index is 0.475. The van der Waals surface area contributed by atoms with Crippen molar-refractivity contribution in [2.75, 3.05) is 19.3 Å². The van der Waals surface area contributed by atoms with E-state index in [0.717, 1.165) is 17.3 Å². The van der Waals surface area contributed by atoms with Crippen molar-refractivity contribution in [2.24, 2.45) is 0 Å². The molecule has 1 fully saturated rings. The average molecular weight is 211 g/mol. The smallest absolute Gasteiger partial charge is 0.0474 e. The number of hydrogen-bond donors (Lipinski definition) is 1. The third kappa shape index (κ3) is 1.72. The molecule has 1 aromatic rings. The Labute approximate surface area is 89.7 Å². The molecule has 0 radical (unpaired) electrons. The van der Waals surface area contributed by atoms with E-state index in [9.17, 15) is 0 Å². The molecule has 0 spiro atoms. The highest BCUT2D eigenvalue weighted by Gasteiger charge is 2.24. The van der Waals surface area contributed by atoms with Gasteiger partial charge in [-0.1, -0.05) is 17.7 Å². The number of hydrogen-bond acceptors (Lipinski definition) is 2. The van der Waals surface area contributed by atoms with E-state index in [4.69, 9.17) is 17.3 Å². The highest BCUT2D eigenvalue weighted by molar-refractivity contribution is 6.31. The molecule has 2 rings (SSSR count). The standard InChI is InChI=1S/C11H15ClN2/c1-14-6-2-3-11(14)9-5-4-8(13)7-10(9)12/h4-5,7,11H,2-3,6,13H2,1H3. The van der Waals surface area contributed by atoms with Gasteiger partial charge >= 0.3 is 0 Å². The fourth-order valence-corrected chi connectivity index (χ4v) is 2.43. The molecule has 0 amide bonds. The lowest BCUT2D eigenvalue weighted by Gasteiger charge is -2.20. The largest absolute Gasteiger partial charge is 0.399 e. The van der Waals surface area contributed by atoms with Gasteiger partial charge in [0.1, 0.15) is 0 Å². The maximum atomic E-state index is 6.17. The zero-order valence-electron chi connectivity index (χ0n) is 8.33. The fraction of sp³-hybridized carbons (Fsp3) is 0.455. The summed E-state index contributed by atoms with van der Waals surface area (Å²) in [6.07, 6.45) is 2.45. The molecule has 1 aromatic carbocycles. The highest BCUT2D eigenvalue weighted by Crippen LogP contribution is 2.35. The first-order chi connectivity index (χ1) is 6.68. The van der Waals surface area contributed by atoms with Gasteiger partial charge in [0.05, 0.1) is 0 Å². The monoisotopic (exact) mass is 210 g/mol. The first-order valence-corrected chi connectivity index (χ1v) is 5.31. The maximum Gasteiger partial charge on any atom is 0.0474 e. The van der Waals surface area contributed by atoms with Crippen molar-refractivity contribution in [3.8, 4) is 0 Å². The molecule has 0 bridgehead atoms. The van der Waals surface area contributed by atoms with Crippen molar-refractivity contribution >= 4 is 17.3 Å². The summed E-state index contributed by atoms with van der Waals surface area (Å²) in [5.74, 6) is 0. The van der Waals surface area contributed by atoms with E-state index in [2.05, 4.69) is 11.9 Å². The molecule has 3 heteroatoms. The van der Waals surface area contributed by atoms with E-state index in [-0.39, 0.29) is 0 Å². The van der Waals surface area contributed by atoms with E-state index < -0.39 is 0 Å². The molecular formula is C11H15ClN2. The van der Waals surface area contributed by atoms with Gasteiger partial charge in [0.2, 0.25) is 0 Å². The first kappa shape index (κ1) is 9.81. The maximum absolute atomic E-state index is 6.17. The van der Waals surface area contributed by atoms with Crippen molar-refractivity contribution in [1.82, 2.24) is 4.90 Å². The number of nitrogens with two attached hydrogens (primary N) is 1. The summed E-state index contributed by atoms with van der Waals surface area (Å²) in [5.41, 5.74) is 7.61. The molecule has 1 aliphatic rings. The van der Waals surface area contributed by atoms with Crippen LogP contribution >= 0.6 is 11.6 Å². The van der Waals surface area contributed by atoms with Gasteiger partial charge in [-0.2, -0.15) is 0 Å². The molecule has 2 N–H and O–H groups in total. The van der Waals surface area contributed by atoms with E-state index in [1.165, 1.54) is 18.4 Å². The van der Waals surface area contributed by atoms with Crippen molar-refractivity contribution in [2.45, 2.75) is 18.9 Å². The second-order valence-electron chi connectivity index (χ2n) is 3.92. The summed E-state index contributed by atoms with van der Waals surface area (Å²) in [6, 6.07) is 6.28. The predicted molar refractivity (Wildman–Crippen MR) is 60.5 cm³/mol. The van der Waals surface area contributed by atoms with E-state index in [1.54, 1.807) is 0 Å². The number of rotatable bonds is 1. The van der Waals surface area contributed by atoms with Crippen molar-refractivity contribution in [3.63, 3.8) is 0 Å². The second kappa shape index (κ2) is 3.79. The Hall–Kier alpha value is -0.730. The first-order valence-electron chi connectivity index (χ1n) is 4.93. The Morgan fingerprint density at radius 2 is 2.29 bits per heavy atom. The fourth-order valence-electron chi connectivity index (χ4n) is 2.12. The zero-order valence-corrected chi connectivity index (χ0v) is 9.09. The molecule has 0 aromatic heterocycles.